The molecule has 0 aliphatic rings. The summed E-state index contributed by atoms with van der Waals surface area (Å²) in [5.41, 5.74) is 9.14. The molecule has 0 saturated carbocycles. The van der Waals surface area contributed by atoms with Gasteiger partial charge >= 0.3 is 0 Å². The Labute approximate surface area is 239 Å². The average molecular weight is 547 g/mol. The zero-order valence-corrected chi connectivity index (χ0v) is 23.0. The standard InChI is InChI=1S/C36H22N2S2/c1-2-10-29-24(8-1)9-7-11-30(29)27-20-26(21-28(22-27)36-38-32-13-4-6-15-34(32)40-36)23-16-18-25(19-17-23)35-37-31-12-3-5-14-33(31)39-35/h1-22H. The predicted molar refractivity (Wildman–Crippen MR) is 172 cm³/mol. The third-order valence-corrected chi connectivity index (χ3v) is 9.50. The fourth-order valence-corrected chi connectivity index (χ4v) is 7.27. The van der Waals surface area contributed by atoms with E-state index in [1.807, 2.05) is 6.07 Å². The van der Waals surface area contributed by atoms with Crippen LogP contribution in [0.4, 0.5) is 0 Å². The molecule has 8 rings (SSSR count). The van der Waals surface area contributed by atoms with Crippen LogP contribution in [0.15, 0.2) is 133 Å². The van der Waals surface area contributed by atoms with Crippen molar-refractivity contribution in [2.75, 3.05) is 0 Å². The SMILES string of the molecule is c1ccc2c(-c3cc(-c4ccc(-c5nc6ccccc6s5)cc4)cc(-c4nc5ccccc5s4)c3)cccc2c1. The fraction of sp³-hybridized carbons (Fsp3) is 0. The van der Waals surface area contributed by atoms with E-state index in [4.69, 9.17) is 9.97 Å². The Morgan fingerprint density at radius 3 is 1.68 bits per heavy atom. The maximum atomic E-state index is 5.00. The minimum atomic E-state index is 1.04. The molecule has 0 aliphatic carbocycles. The van der Waals surface area contributed by atoms with Crippen LogP contribution in [-0.4, -0.2) is 9.97 Å². The molecule has 0 radical (unpaired) electrons. The van der Waals surface area contributed by atoms with E-state index in [1.165, 1.54) is 42.4 Å². The molecule has 0 saturated heterocycles. The van der Waals surface area contributed by atoms with Crippen molar-refractivity contribution in [3.63, 3.8) is 0 Å². The van der Waals surface area contributed by atoms with Gasteiger partial charge in [0.2, 0.25) is 0 Å². The second-order valence-electron chi connectivity index (χ2n) is 9.88. The van der Waals surface area contributed by atoms with Crippen molar-refractivity contribution in [3.05, 3.63) is 133 Å². The van der Waals surface area contributed by atoms with Gasteiger partial charge in [0.1, 0.15) is 10.0 Å². The van der Waals surface area contributed by atoms with Crippen LogP contribution >= 0.6 is 22.7 Å². The Balaban J connectivity index is 1.28. The first-order valence-electron chi connectivity index (χ1n) is 13.2. The Kier molecular flexibility index (Phi) is 5.54. The summed E-state index contributed by atoms with van der Waals surface area (Å²) in [6.07, 6.45) is 0. The molecule has 0 fully saturated rings. The van der Waals surface area contributed by atoms with Gasteiger partial charge in [-0.15, -0.1) is 22.7 Å². The van der Waals surface area contributed by atoms with Crippen LogP contribution in [0.25, 0.3) is 74.6 Å². The number of aromatic nitrogens is 2. The molecule has 0 unspecified atom stereocenters. The Morgan fingerprint density at radius 2 is 0.950 bits per heavy atom. The Morgan fingerprint density at radius 1 is 0.400 bits per heavy atom. The summed E-state index contributed by atoms with van der Waals surface area (Å²) in [7, 11) is 0. The van der Waals surface area contributed by atoms with E-state index in [2.05, 4.69) is 127 Å². The molecule has 2 aromatic heterocycles. The normalized spacial score (nSPS) is 11.5. The van der Waals surface area contributed by atoms with Crippen molar-refractivity contribution < 1.29 is 0 Å². The number of nitrogens with zero attached hydrogens (tertiary/aromatic N) is 2. The number of benzene rings is 6. The van der Waals surface area contributed by atoms with Crippen LogP contribution in [0.1, 0.15) is 0 Å². The summed E-state index contributed by atoms with van der Waals surface area (Å²) >= 11 is 3.48. The minimum absolute atomic E-state index is 1.04. The van der Waals surface area contributed by atoms with E-state index in [0.717, 1.165) is 32.2 Å². The van der Waals surface area contributed by atoms with Crippen molar-refractivity contribution in [1.82, 2.24) is 9.97 Å². The highest BCUT2D eigenvalue weighted by atomic mass is 32.1. The van der Waals surface area contributed by atoms with E-state index >= 15 is 0 Å². The van der Waals surface area contributed by atoms with E-state index in [-0.39, 0.29) is 0 Å². The van der Waals surface area contributed by atoms with Crippen LogP contribution in [-0.2, 0) is 0 Å². The lowest BCUT2D eigenvalue weighted by Gasteiger charge is -2.12. The zero-order chi connectivity index (χ0) is 26.5. The maximum absolute atomic E-state index is 5.00. The molecule has 4 heteroatoms. The van der Waals surface area contributed by atoms with E-state index < -0.39 is 0 Å². The molecule has 0 spiro atoms. The first-order chi connectivity index (χ1) is 19.8. The molecular weight excluding hydrogens is 525 g/mol. The van der Waals surface area contributed by atoms with Crippen LogP contribution in [0.5, 0.6) is 0 Å². The van der Waals surface area contributed by atoms with Crippen LogP contribution in [0.2, 0.25) is 0 Å². The Bertz CT molecular complexity index is 2100. The second-order valence-corrected chi connectivity index (χ2v) is 11.9. The Hall–Kier alpha value is -4.64. The van der Waals surface area contributed by atoms with Gasteiger partial charge < -0.3 is 0 Å². The van der Waals surface area contributed by atoms with Gasteiger partial charge in [-0.25, -0.2) is 9.97 Å². The molecule has 188 valence electrons. The van der Waals surface area contributed by atoms with Gasteiger partial charge in [-0.2, -0.15) is 0 Å². The average Bonchev–Trinajstić information content (AvgIpc) is 3.66. The highest BCUT2D eigenvalue weighted by Crippen LogP contribution is 2.39. The van der Waals surface area contributed by atoms with Crippen molar-refractivity contribution in [3.8, 4) is 43.4 Å². The van der Waals surface area contributed by atoms with E-state index in [9.17, 15) is 0 Å². The molecule has 0 atom stereocenters. The molecule has 8 aromatic rings. The molecule has 40 heavy (non-hydrogen) atoms. The largest absolute Gasteiger partial charge is 0.236 e. The molecule has 0 bridgehead atoms. The van der Waals surface area contributed by atoms with Crippen LogP contribution in [0, 0.1) is 0 Å². The van der Waals surface area contributed by atoms with Crippen molar-refractivity contribution in [2.45, 2.75) is 0 Å². The third kappa shape index (κ3) is 4.10. The first-order valence-corrected chi connectivity index (χ1v) is 14.9. The van der Waals surface area contributed by atoms with Crippen molar-refractivity contribution in [1.29, 1.82) is 0 Å². The highest BCUT2D eigenvalue weighted by molar-refractivity contribution is 7.22. The summed E-state index contributed by atoms with van der Waals surface area (Å²) in [5, 5.41) is 4.58. The lowest BCUT2D eigenvalue weighted by molar-refractivity contribution is 1.47. The van der Waals surface area contributed by atoms with Gasteiger partial charge in [0.15, 0.2) is 0 Å². The van der Waals surface area contributed by atoms with E-state index in [1.54, 1.807) is 22.7 Å². The predicted octanol–water partition coefficient (Wildman–Crippen LogP) is 10.7. The van der Waals surface area contributed by atoms with Gasteiger partial charge in [0.05, 0.1) is 20.4 Å². The molecule has 6 aromatic carbocycles. The van der Waals surface area contributed by atoms with Gasteiger partial charge in [0, 0.05) is 11.1 Å². The summed E-state index contributed by atoms with van der Waals surface area (Å²) in [6, 6.07) is 47.5. The van der Waals surface area contributed by atoms with Gasteiger partial charge in [-0.1, -0.05) is 91.0 Å². The highest BCUT2D eigenvalue weighted by Gasteiger charge is 2.13. The monoisotopic (exact) mass is 546 g/mol. The summed E-state index contributed by atoms with van der Waals surface area (Å²) in [6.45, 7) is 0. The molecule has 2 heterocycles. The van der Waals surface area contributed by atoms with Gasteiger partial charge in [-0.05, 0) is 75.5 Å². The van der Waals surface area contributed by atoms with Gasteiger partial charge in [-0.3, -0.25) is 0 Å². The molecule has 0 N–H and O–H groups in total. The topological polar surface area (TPSA) is 25.8 Å². The van der Waals surface area contributed by atoms with Gasteiger partial charge in [0.25, 0.3) is 0 Å². The number of para-hydroxylation sites is 2. The number of hydrogen-bond donors (Lipinski definition) is 0. The van der Waals surface area contributed by atoms with Crippen molar-refractivity contribution in [2.24, 2.45) is 0 Å². The summed E-state index contributed by atoms with van der Waals surface area (Å²) < 4.78 is 2.42. The van der Waals surface area contributed by atoms with Crippen molar-refractivity contribution >= 4 is 53.9 Å². The molecule has 2 nitrogen and oxygen atoms in total. The molecule has 0 aliphatic heterocycles. The lowest BCUT2D eigenvalue weighted by Crippen LogP contribution is -1.87. The number of rotatable bonds is 4. The third-order valence-electron chi connectivity index (χ3n) is 7.33. The number of fused-ring (bicyclic) bond motifs is 3. The number of hydrogen-bond acceptors (Lipinski definition) is 4. The molecule has 0 amide bonds. The fourth-order valence-electron chi connectivity index (χ4n) is 5.35. The summed E-state index contributed by atoms with van der Waals surface area (Å²) in [5.74, 6) is 0. The zero-order valence-electron chi connectivity index (χ0n) is 21.4. The second kappa shape index (κ2) is 9.53. The number of thiazole rings is 2. The smallest absolute Gasteiger partial charge is 0.124 e. The summed E-state index contributed by atoms with van der Waals surface area (Å²) in [4.78, 5) is 9.86. The molecular formula is C36H22N2S2. The minimum Gasteiger partial charge on any atom is -0.236 e. The maximum Gasteiger partial charge on any atom is 0.124 e. The lowest BCUT2D eigenvalue weighted by atomic mass is 9.93. The quantitative estimate of drug-likeness (QED) is 0.219. The first kappa shape index (κ1) is 23.3. The van der Waals surface area contributed by atoms with Crippen LogP contribution < -0.4 is 0 Å². The van der Waals surface area contributed by atoms with E-state index in [0.29, 0.717) is 0 Å². The van der Waals surface area contributed by atoms with Crippen LogP contribution in [0.3, 0.4) is 0 Å².